The van der Waals surface area contributed by atoms with Gasteiger partial charge in [-0.2, -0.15) is 0 Å². The maximum atomic E-state index is 15.0. The average Bonchev–Trinajstić information content (AvgIpc) is 2.87. The summed E-state index contributed by atoms with van der Waals surface area (Å²) < 4.78 is 17.3. The summed E-state index contributed by atoms with van der Waals surface area (Å²) in [6, 6.07) is 14.9. The van der Waals surface area contributed by atoms with E-state index >= 15 is 4.39 Å². The maximum absolute atomic E-state index is 15.0. The van der Waals surface area contributed by atoms with E-state index in [9.17, 15) is 0 Å². The molecule has 4 aromatic carbocycles. The van der Waals surface area contributed by atoms with E-state index in [0.29, 0.717) is 0 Å². The van der Waals surface area contributed by atoms with Crippen LogP contribution >= 0.6 is 11.8 Å². The molecule has 43 heavy (non-hydrogen) atoms. The molecule has 0 fully saturated rings. The predicted octanol–water partition coefficient (Wildman–Crippen LogP) is 11.3. The Morgan fingerprint density at radius 3 is 1.91 bits per heavy atom. The van der Waals surface area contributed by atoms with Crippen molar-refractivity contribution in [3.8, 4) is 11.3 Å². The van der Waals surface area contributed by atoms with Crippen LogP contribution in [0.3, 0.4) is 0 Å². The molecule has 5 aromatic rings. The first kappa shape index (κ1) is 30.1. The Kier molecular flexibility index (Phi) is 7.05. The van der Waals surface area contributed by atoms with Gasteiger partial charge in [0.25, 0.3) is 0 Å². The minimum absolute atomic E-state index is 0.0958. The molecule has 6 rings (SSSR count). The standard InChI is InChI=1S/C40H47FNS/c1-23-29-18-24(20-38(2,3)4)12-14-26(29)32(22-40(8,9)10)37-33(23)35-34-28(16-17-42(35)11)31(21-39(5,6)7)27-15-13-25(41)19-30(27)36(34)43-37/h12-19H,20-22H2,1-11H3/q+1. The van der Waals surface area contributed by atoms with Crippen LogP contribution in [0.2, 0.25) is 0 Å². The van der Waals surface area contributed by atoms with Crippen LogP contribution in [0, 0.1) is 29.0 Å². The van der Waals surface area contributed by atoms with Gasteiger partial charge in [0, 0.05) is 15.9 Å². The third-order valence-corrected chi connectivity index (χ3v) is 9.99. The highest BCUT2D eigenvalue weighted by Crippen LogP contribution is 2.55. The highest BCUT2D eigenvalue weighted by atomic mass is 32.2. The van der Waals surface area contributed by atoms with E-state index in [1.807, 2.05) is 17.8 Å². The molecule has 0 saturated heterocycles. The monoisotopic (exact) mass is 592 g/mol. The van der Waals surface area contributed by atoms with Gasteiger partial charge in [-0.1, -0.05) is 98.3 Å². The molecule has 0 aliphatic carbocycles. The van der Waals surface area contributed by atoms with Crippen molar-refractivity contribution in [2.45, 2.75) is 98.3 Å². The average molecular weight is 593 g/mol. The topological polar surface area (TPSA) is 3.88 Å². The van der Waals surface area contributed by atoms with E-state index in [2.05, 4.69) is 111 Å². The van der Waals surface area contributed by atoms with Crippen molar-refractivity contribution >= 4 is 44.1 Å². The van der Waals surface area contributed by atoms with Crippen LogP contribution in [-0.4, -0.2) is 0 Å². The summed E-state index contributed by atoms with van der Waals surface area (Å²) in [5.41, 5.74) is 8.52. The summed E-state index contributed by atoms with van der Waals surface area (Å²) in [7, 11) is 2.18. The van der Waals surface area contributed by atoms with Crippen molar-refractivity contribution in [3.63, 3.8) is 0 Å². The fraction of sp³-hybridized carbons (Fsp3) is 0.425. The van der Waals surface area contributed by atoms with Crippen molar-refractivity contribution in [1.29, 1.82) is 0 Å². The predicted molar refractivity (Wildman–Crippen MR) is 184 cm³/mol. The fourth-order valence-corrected chi connectivity index (χ4v) is 8.62. The van der Waals surface area contributed by atoms with Crippen molar-refractivity contribution in [3.05, 3.63) is 76.7 Å². The second kappa shape index (κ2) is 10.1. The molecular weight excluding hydrogens is 546 g/mol. The molecule has 0 atom stereocenters. The largest absolute Gasteiger partial charge is 0.222 e. The summed E-state index contributed by atoms with van der Waals surface area (Å²) >= 11 is 1.88. The first-order valence-electron chi connectivity index (χ1n) is 15.7. The molecule has 0 N–H and O–H groups in total. The number of pyridine rings is 1. The van der Waals surface area contributed by atoms with Crippen LogP contribution in [0.15, 0.2) is 58.5 Å². The molecule has 0 saturated carbocycles. The number of halogens is 1. The zero-order valence-corrected chi connectivity index (χ0v) is 28.8. The second-order valence-corrected chi connectivity index (χ2v) is 17.6. The van der Waals surface area contributed by atoms with Gasteiger partial charge < -0.3 is 0 Å². The molecule has 1 aromatic heterocycles. The van der Waals surface area contributed by atoms with Gasteiger partial charge in [0.05, 0.1) is 10.9 Å². The summed E-state index contributed by atoms with van der Waals surface area (Å²) in [6.45, 7) is 23.2. The van der Waals surface area contributed by atoms with Crippen LogP contribution in [0.1, 0.15) is 84.6 Å². The number of nitrogens with zero attached hydrogens (tertiary/aromatic N) is 1. The van der Waals surface area contributed by atoms with E-state index in [1.54, 1.807) is 12.1 Å². The van der Waals surface area contributed by atoms with Gasteiger partial charge in [-0.3, -0.25) is 0 Å². The molecule has 0 spiro atoms. The molecule has 1 aliphatic heterocycles. The van der Waals surface area contributed by atoms with Crippen LogP contribution in [0.4, 0.5) is 4.39 Å². The van der Waals surface area contributed by atoms with Gasteiger partial charge in [0.15, 0.2) is 6.20 Å². The van der Waals surface area contributed by atoms with Crippen LogP contribution in [-0.2, 0) is 26.3 Å². The minimum atomic E-state index is -0.172. The van der Waals surface area contributed by atoms with E-state index in [0.717, 1.165) is 24.6 Å². The van der Waals surface area contributed by atoms with Crippen molar-refractivity contribution in [1.82, 2.24) is 0 Å². The third kappa shape index (κ3) is 5.48. The Morgan fingerprint density at radius 1 is 0.651 bits per heavy atom. The lowest BCUT2D eigenvalue weighted by molar-refractivity contribution is -0.659. The SMILES string of the molecule is Cc1c2c(c(CC(C)(C)C)c3ccc(CC(C)(C)C)cc13)Sc1c3cc(F)ccc3c(CC(C)(C)C)c3cc[n+](C)c-2c13. The maximum Gasteiger partial charge on any atom is 0.222 e. The quantitative estimate of drug-likeness (QED) is 0.146. The zero-order chi connectivity index (χ0) is 31.2. The Labute approximate surface area is 261 Å². The number of hydrogen-bond acceptors (Lipinski definition) is 1. The van der Waals surface area contributed by atoms with E-state index in [-0.39, 0.29) is 22.1 Å². The number of fused-ring (bicyclic) bond motifs is 5. The summed E-state index contributed by atoms with van der Waals surface area (Å²) in [5.74, 6) is -0.172. The number of rotatable bonds is 3. The van der Waals surface area contributed by atoms with Crippen LogP contribution in [0.5, 0.6) is 0 Å². The first-order chi connectivity index (χ1) is 19.9. The lowest BCUT2D eigenvalue weighted by atomic mass is 9.80. The molecule has 3 heteroatoms. The second-order valence-electron chi connectivity index (χ2n) is 16.6. The fourth-order valence-electron chi connectivity index (χ4n) is 7.18. The number of aromatic nitrogens is 1. The zero-order valence-electron chi connectivity index (χ0n) is 28.0. The molecule has 0 bridgehead atoms. The highest BCUT2D eigenvalue weighted by molar-refractivity contribution is 8.00. The van der Waals surface area contributed by atoms with Crippen molar-refractivity contribution in [2.75, 3.05) is 0 Å². The Morgan fingerprint density at radius 2 is 1.26 bits per heavy atom. The van der Waals surface area contributed by atoms with Crippen molar-refractivity contribution in [2.24, 2.45) is 23.3 Å². The minimum Gasteiger partial charge on any atom is -0.207 e. The van der Waals surface area contributed by atoms with E-state index in [1.165, 1.54) is 70.2 Å². The molecular formula is C40H47FNS+. The van der Waals surface area contributed by atoms with Crippen LogP contribution < -0.4 is 4.57 Å². The molecule has 224 valence electrons. The summed E-state index contributed by atoms with van der Waals surface area (Å²) in [5, 5.41) is 7.51. The van der Waals surface area contributed by atoms with Gasteiger partial charge in [-0.25, -0.2) is 8.96 Å². The molecule has 0 radical (unpaired) electrons. The molecule has 1 nitrogen and oxygen atoms in total. The molecule has 0 amide bonds. The lowest BCUT2D eigenvalue weighted by Crippen LogP contribution is -2.32. The third-order valence-electron chi connectivity index (χ3n) is 8.71. The summed E-state index contributed by atoms with van der Waals surface area (Å²) in [6.07, 6.45) is 5.19. The van der Waals surface area contributed by atoms with E-state index < -0.39 is 0 Å². The van der Waals surface area contributed by atoms with Gasteiger partial charge in [0.2, 0.25) is 5.69 Å². The van der Waals surface area contributed by atoms with E-state index in [4.69, 9.17) is 0 Å². The number of aryl methyl sites for hydroxylation is 2. The molecule has 0 unspecified atom stereocenters. The number of hydrogen-bond donors (Lipinski definition) is 0. The Bertz CT molecular complexity index is 1940. The normalized spacial score (nSPS) is 13.8. The smallest absolute Gasteiger partial charge is 0.207 e. The molecule has 2 heterocycles. The van der Waals surface area contributed by atoms with Crippen LogP contribution in [0.25, 0.3) is 43.6 Å². The van der Waals surface area contributed by atoms with Crippen molar-refractivity contribution < 1.29 is 8.96 Å². The molecule has 1 aliphatic rings. The number of benzene rings is 4. The first-order valence-corrected chi connectivity index (χ1v) is 16.6. The highest BCUT2D eigenvalue weighted by Gasteiger charge is 2.35. The Balaban J connectivity index is 1.79. The van der Waals surface area contributed by atoms with Gasteiger partial charge >= 0.3 is 0 Å². The lowest BCUT2D eigenvalue weighted by Gasteiger charge is -2.30. The van der Waals surface area contributed by atoms with Gasteiger partial charge in [-0.15, -0.1) is 0 Å². The Hall–Kier alpha value is -2.91. The van der Waals surface area contributed by atoms with Gasteiger partial charge in [-0.05, 0) is 104 Å². The van der Waals surface area contributed by atoms with Gasteiger partial charge in [0.1, 0.15) is 12.9 Å². The summed E-state index contributed by atoms with van der Waals surface area (Å²) in [4.78, 5) is 2.53.